The number of aromatic nitrogens is 1. The van der Waals surface area contributed by atoms with Gasteiger partial charge in [-0.05, 0) is 59.2 Å². The zero-order chi connectivity index (χ0) is 18.3. The Morgan fingerprint density at radius 3 is 2.85 bits per heavy atom. The Bertz CT molecular complexity index is 1380. The first kappa shape index (κ1) is 14.8. The van der Waals surface area contributed by atoms with E-state index >= 15 is 0 Å². The molecule has 27 heavy (non-hydrogen) atoms. The summed E-state index contributed by atoms with van der Waals surface area (Å²) < 4.78 is 8.72. The van der Waals surface area contributed by atoms with E-state index in [1.54, 1.807) is 0 Å². The molecule has 2 heterocycles. The maximum atomic E-state index is 7.44. The molecule has 1 aliphatic heterocycles. The number of nitrogens with zero attached hydrogens (tertiary/aromatic N) is 2. The van der Waals surface area contributed by atoms with Crippen LogP contribution in [0.3, 0.4) is 0 Å². The number of ether oxygens (including phenoxy) is 1. The molecule has 0 fully saturated rings. The van der Waals surface area contributed by atoms with Gasteiger partial charge in [-0.3, -0.25) is 0 Å². The summed E-state index contributed by atoms with van der Waals surface area (Å²) in [6, 6.07) is 12.6. The lowest BCUT2D eigenvalue weighted by molar-refractivity contribution is -0.659. The molecule has 2 aliphatic rings. The van der Waals surface area contributed by atoms with Gasteiger partial charge in [-0.25, -0.2) is 9.41 Å². The van der Waals surface area contributed by atoms with E-state index in [-0.39, 0.29) is 0 Å². The summed E-state index contributed by atoms with van der Waals surface area (Å²) in [5, 5.41) is 4.86. The van der Waals surface area contributed by atoms with E-state index in [1.165, 1.54) is 38.7 Å². The molecule has 128 valence electrons. The predicted octanol–water partition coefficient (Wildman–Crippen LogP) is 5.55. The van der Waals surface area contributed by atoms with E-state index in [0.29, 0.717) is 5.69 Å². The number of benzene rings is 3. The van der Waals surface area contributed by atoms with Gasteiger partial charge in [0.25, 0.3) is 0 Å². The highest BCUT2D eigenvalue weighted by atomic mass is 16.5. The summed E-state index contributed by atoms with van der Waals surface area (Å²) in [5.41, 5.74) is 7.02. The Kier molecular flexibility index (Phi) is 2.66. The number of rotatable bonds is 0. The van der Waals surface area contributed by atoms with Crippen LogP contribution < -0.4 is 9.30 Å². The highest BCUT2D eigenvalue weighted by Crippen LogP contribution is 2.53. The molecule has 0 atom stereocenters. The molecule has 6 rings (SSSR count). The van der Waals surface area contributed by atoms with E-state index in [4.69, 9.17) is 11.3 Å². The van der Waals surface area contributed by atoms with Crippen molar-refractivity contribution in [3.05, 3.63) is 70.7 Å². The third-order valence-corrected chi connectivity index (χ3v) is 6.14. The predicted molar refractivity (Wildman–Crippen MR) is 107 cm³/mol. The molecule has 0 saturated heterocycles. The van der Waals surface area contributed by atoms with Gasteiger partial charge in [0.05, 0.1) is 17.5 Å². The fourth-order valence-electron chi connectivity index (χ4n) is 4.95. The maximum Gasteiger partial charge on any atom is 0.227 e. The Morgan fingerprint density at radius 1 is 1.11 bits per heavy atom. The van der Waals surface area contributed by atoms with Gasteiger partial charge in [0.15, 0.2) is 11.9 Å². The van der Waals surface area contributed by atoms with Gasteiger partial charge < -0.3 is 4.74 Å². The van der Waals surface area contributed by atoms with E-state index in [1.807, 2.05) is 12.1 Å². The van der Waals surface area contributed by atoms with Crippen LogP contribution in [0.5, 0.6) is 11.5 Å². The lowest BCUT2D eigenvalue weighted by Gasteiger charge is -2.24. The van der Waals surface area contributed by atoms with Gasteiger partial charge >= 0.3 is 0 Å². The standard InChI is InChI=1S/C24H17N2O/c1-13-17-6-4-5-14-7-8-18(21(14)17)24-20(13)23-22-15(9-10-26(23)3)11-16(25-2)12-19(22)27-24/h4-6,9-12H,7-8H2,1,3H3/q+1. The van der Waals surface area contributed by atoms with Crippen molar-refractivity contribution in [1.82, 2.24) is 0 Å². The minimum atomic E-state index is 0.621. The maximum absolute atomic E-state index is 7.44. The van der Waals surface area contributed by atoms with Crippen LogP contribution >= 0.6 is 0 Å². The monoisotopic (exact) mass is 349 g/mol. The van der Waals surface area contributed by atoms with Gasteiger partial charge in [0, 0.05) is 11.6 Å². The molecular weight excluding hydrogens is 332 g/mol. The molecular formula is C24H17N2O+. The number of hydrogen-bond acceptors (Lipinski definition) is 1. The number of pyridine rings is 1. The molecule has 0 unspecified atom stereocenters. The Morgan fingerprint density at radius 2 is 2.00 bits per heavy atom. The molecule has 3 heteroatoms. The summed E-state index contributed by atoms with van der Waals surface area (Å²) in [6.07, 6.45) is 4.16. The highest BCUT2D eigenvalue weighted by molar-refractivity contribution is 6.08. The first-order chi connectivity index (χ1) is 13.2. The smallest absolute Gasteiger partial charge is 0.227 e. The average Bonchev–Trinajstić information content (AvgIpc) is 3.13. The minimum absolute atomic E-state index is 0.621. The Balaban J connectivity index is 1.85. The largest absolute Gasteiger partial charge is 0.457 e. The molecule has 4 aromatic rings. The van der Waals surface area contributed by atoms with Crippen molar-refractivity contribution in [3.8, 4) is 22.8 Å². The van der Waals surface area contributed by atoms with Gasteiger partial charge in [-0.1, -0.05) is 18.2 Å². The van der Waals surface area contributed by atoms with Crippen molar-refractivity contribution in [2.45, 2.75) is 19.8 Å². The number of hydrogen-bond donors (Lipinski definition) is 0. The second kappa shape index (κ2) is 4.86. The lowest BCUT2D eigenvalue weighted by atomic mass is 9.89. The van der Waals surface area contributed by atoms with Crippen LogP contribution in [0.4, 0.5) is 5.69 Å². The van der Waals surface area contributed by atoms with E-state index in [2.05, 4.69) is 53.8 Å². The molecule has 3 nitrogen and oxygen atoms in total. The molecule has 0 amide bonds. The van der Waals surface area contributed by atoms with Crippen LogP contribution in [0.1, 0.15) is 16.7 Å². The third kappa shape index (κ3) is 1.73. The Hall–Kier alpha value is -3.38. The fourth-order valence-corrected chi connectivity index (χ4v) is 4.95. The SMILES string of the molecule is [C-]#[N+]c1cc2c3c([n+](C)ccc3c1)-c1c(c3c4c(cccc4c1C)CC3)O2. The van der Waals surface area contributed by atoms with Gasteiger partial charge in [-0.15, -0.1) is 0 Å². The van der Waals surface area contributed by atoms with Crippen molar-refractivity contribution in [2.75, 3.05) is 0 Å². The summed E-state index contributed by atoms with van der Waals surface area (Å²) >= 11 is 0. The molecule has 0 spiro atoms. The third-order valence-electron chi connectivity index (χ3n) is 6.14. The summed E-state index contributed by atoms with van der Waals surface area (Å²) in [5.74, 6) is 1.79. The van der Waals surface area contributed by atoms with Crippen molar-refractivity contribution in [1.29, 1.82) is 0 Å². The summed E-state index contributed by atoms with van der Waals surface area (Å²) in [7, 11) is 2.09. The van der Waals surface area contributed by atoms with E-state index in [9.17, 15) is 0 Å². The number of fused-ring (bicyclic) bond motifs is 3. The van der Waals surface area contributed by atoms with Crippen molar-refractivity contribution < 1.29 is 9.30 Å². The topological polar surface area (TPSA) is 17.5 Å². The molecule has 1 aromatic heterocycles. The molecule has 0 radical (unpaired) electrons. The van der Waals surface area contributed by atoms with Crippen LogP contribution in [-0.4, -0.2) is 0 Å². The zero-order valence-corrected chi connectivity index (χ0v) is 15.3. The van der Waals surface area contributed by atoms with Crippen LogP contribution in [0.25, 0.3) is 37.6 Å². The second-order valence-corrected chi connectivity index (χ2v) is 7.54. The molecule has 0 N–H and O–H groups in total. The van der Waals surface area contributed by atoms with Gasteiger partial charge in [0.2, 0.25) is 5.69 Å². The average molecular weight is 349 g/mol. The van der Waals surface area contributed by atoms with Crippen molar-refractivity contribution in [3.63, 3.8) is 0 Å². The van der Waals surface area contributed by atoms with Crippen LogP contribution in [0.15, 0.2) is 42.6 Å². The van der Waals surface area contributed by atoms with Crippen LogP contribution in [0, 0.1) is 13.5 Å². The molecule has 0 bridgehead atoms. The minimum Gasteiger partial charge on any atom is -0.457 e. The van der Waals surface area contributed by atoms with Crippen LogP contribution in [0.2, 0.25) is 0 Å². The first-order valence-corrected chi connectivity index (χ1v) is 9.26. The zero-order valence-electron chi connectivity index (χ0n) is 15.3. The fraction of sp³-hybridized carbons (Fsp3) is 0.167. The van der Waals surface area contributed by atoms with Crippen molar-refractivity contribution in [2.24, 2.45) is 7.05 Å². The molecule has 1 aliphatic carbocycles. The molecule has 0 saturated carbocycles. The van der Waals surface area contributed by atoms with E-state index < -0.39 is 0 Å². The number of aryl methyl sites for hydroxylation is 4. The Labute approximate surface area is 157 Å². The molecule has 3 aromatic carbocycles. The first-order valence-electron chi connectivity index (χ1n) is 9.26. The van der Waals surface area contributed by atoms with Gasteiger partial charge in [-0.2, -0.15) is 0 Å². The normalized spacial score (nSPS) is 13.5. The summed E-state index contributed by atoms with van der Waals surface area (Å²) in [4.78, 5) is 3.65. The van der Waals surface area contributed by atoms with Crippen LogP contribution in [-0.2, 0) is 19.9 Å². The van der Waals surface area contributed by atoms with Gasteiger partial charge in [0.1, 0.15) is 18.5 Å². The van der Waals surface area contributed by atoms with Crippen molar-refractivity contribution >= 4 is 27.2 Å². The highest BCUT2D eigenvalue weighted by Gasteiger charge is 2.34. The van der Waals surface area contributed by atoms with E-state index in [0.717, 1.165) is 35.1 Å². The second-order valence-electron chi connectivity index (χ2n) is 7.54. The quantitative estimate of drug-likeness (QED) is 0.265. The summed E-state index contributed by atoms with van der Waals surface area (Å²) in [6.45, 7) is 9.65. The lowest BCUT2D eigenvalue weighted by Crippen LogP contribution is -2.32.